The molecule has 3 aromatic rings. The zero-order valence-corrected chi connectivity index (χ0v) is 19.3. The Bertz CT molecular complexity index is 1220. The summed E-state index contributed by atoms with van der Waals surface area (Å²) >= 11 is 6.09. The molecule has 0 atom stereocenters. The normalized spacial score (nSPS) is 14.2. The maximum absolute atomic E-state index is 12.9. The first kappa shape index (κ1) is 23.9. The van der Waals surface area contributed by atoms with Crippen LogP contribution in [0.4, 0.5) is 18.9 Å². The molecule has 0 radical (unpaired) electrons. The SMILES string of the molecule is CCc1nc2ccc(Cl)cn2c1C(=O)NCc1ccc(N(C)C2CN(C(=O)C(F)(F)F)C2)cc1. The van der Waals surface area contributed by atoms with Crippen LogP contribution >= 0.6 is 11.6 Å². The van der Waals surface area contributed by atoms with Gasteiger partial charge in [0.25, 0.3) is 5.91 Å². The molecule has 3 heterocycles. The summed E-state index contributed by atoms with van der Waals surface area (Å²) in [6, 6.07) is 10.6. The lowest BCUT2D eigenvalue weighted by Gasteiger charge is -2.44. The van der Waals surface area contributed by atoms with Gasteiger partial charge in [-0.25, -0.2) is 4.98 Å². The number of hydrogen-bond donors (Lipinski definition) is 1. The first-order valence-electron chi connectivity index (χ1n) is 10.7. The van der Waals surface area contributed by atoms with E-state index in [1.807, 2.05) is 36.1 Å². The van der Waals surface area contributed by atoms with Gasteiger partial charge in [0.1, 0.15) is 11.3 Å². The van der Waals surface area contributed by atoms with Crippen molar-refractivity contribution < 1.29 is 22.8 Å². The highest BCUT2D eigenvalue weighted by molar-refractivity contribution is 6.30. The van der Waals surface area contributed by atoms with Crippen LogP contribution in [0.2, 0.25) is 5.02 Å². The molecule has 0 saturated carbocycles. The summed E-state index contributed by atoms with van der Waals surface area (Å²) in [6.07, 6.45) is -2.59. The number of amides is 2. The highest BCUT2D eigenvalue weighted by Gasteiger charge is 2.47. The molecule has 1 fully saturated rings. The third-order valence-corrected chi connectivity index (χ3v) is 6.16. The average molecular weight is 494 g/mol. The Hall–Kier alpha value is -3.27. The Balaban J connectivity index is 1.37. The minimum Gasteiger partial charge on any atom is -0.368 e. The second kappa shape index (κ2) is 9.17. The van der Waals surface area contributed by atoms with E-state index in [2.05, 4.69) is 10.3 Å². The second-order valence-electron chi connectivity index (χ2n) is 8.16. The number of nitrogens with zero attached hydrogens (tertiary/aromatic N) is 4. The van der Waals surface area contributed by atoms with E-state index in [1.165, 1.54) is 0 Å². The van der Waals surface area contributed by atoms with Crippen LogP contribution in [0.15, 0.2) is 42.6 Å². The topological polar surface area (TPSA) is 70.0 Å². The summed E-state index contributed by atoms with van der Waals surface area (Å²) < 4.78 is 39.3. The first-order valence-corrected chi connectivity index (χ1v) is 11.1. The van der Waals surface area contributed by atoms with Gasteiger partial charge in [-0.15, -0.1) is 0 Å². The first-order chi connectivity index (χ1) is 16.1. The van der Waals surface area contributed by atoms with Crippen LogP contribution in [0.25, 0.3) is 5.65 Å². The van der Waals surface area contributed by atoms with Crippen LogP contribution in [-0.2, 0) is 17.8 Å². The molecule has 4 rings (SSSR count). The van der Waals surface area contributed by atoms with Crippen molar-refractivity contribution in [3.8, 4) is 0 Å². The number of fused-ring (bicyclic) bond motifs is 1. The highest BCUT2D eigenvalue weighted by atomic mass is 35.5. The van der Waals surface area contributed by atoms with Crippen molar-refractivity contribution in [3.05, 3.63) is 64.6 Å². The number of aromatic nitrogens is 2. The van der Waals surface area contributed by atoms with Gasteiger partial charge in [0, 0.05) is 38.6 Å². The molecule has 1 saturated heterocycles. The molecule has 0 aliphatic carbocycles. The van der Waals surface area contributed by atoms with E-state index in [1.54, 1.807) is 29.8 Å². The fraction of sp³-hybridized carbons (Fsp3) is 0.348. The Morgan fingerprint density at radius 1 is 1.18 bits per heavy atom. The monoisotopic (exact) mass is 493 g/mol. The molecule has 11 heteroatoms. The third-order valence-electron chi connectivity index (χ3n) is 5.94. The van der Waals surface area contributed by atoms with E-state index < -0.39 is 12.1 Å². The molecular weight excluding hydrogens is 471 g/mol. The number of carbonyl (C=O) groups is 2. The van der Waals surface area contributed by atoms with Crippen molar-refractivity contribution in [2.45, 2.75) is 32.1 Å². The number of carbonyl (C=O) groups excluding carboxylic acids is 2. The summed E-state index contributed by atoms with van der Waals surface area (Å²) in [5, 5.41) is 3.41. The van der Waals surface area contributed by atoms with Gasteiger partial charge in [0.15, 0.2) is 0 Å². The summed E-state index contributed by atoms with van der Waals surface area (Å²) in [7, 11) is 1.78. The Labute approximate surface area is 199 Å². The van der Waals surface area contributed by atoms with Crippen molar-refractivity contribution in [3.63, 3.8) is 0 Å². The second-order valence-corrected chi connectivity index (χ2v) is 8.59. The van der Waals surface area contributed by atoms with E-state index in [0.29, 0.717) is 28.5 Å². The van der Waals surface area contributed by atoms with E-state index >= 15 is 0 Å². The standard InChI is InChI=1S/C23H23ClF3N5O2/c1-3-18-20(32-11-15(24)6-9-19(32)29-18)21(33)28-10-14-4-7-16(8-5-14)30(2)17-12-31(13-17)22(34)23(25,26)27/h4-9,11,17H,3,10,12-13H2,1-2H3,(H,28,33). The largest absolute Gasteiger partial charge is 0.471 e. The number of hydrogen-bond acceptors (Lipinski definition) is 4. The zero-order chi connectivity index (χ0) is 24.6. The van der Waals surface area contributed by atoms with Gasteiger partial charge in [-0.2, -0.15) is 13.2 Å². The number of pyridine rings is 1. The third kappa shape index (κ3) is 4.68. The van der Waals surface area contributed by atoms with Crippen LogP contribution in [0.5, 0.6) is 0 Å². The molecule has 0 bridgehead atoms. The van der Waals surface area contributed by atoms with Crippen molar-refractivity contribution in [2.24, 2.45) is 0 Å². The van der Waals surface area contributed by atoms with E-state index in [9.17, 15) is 22.8 Å². The number of likely N-dealkylation sites (tertiary alicyclic amines) is 1. The van der Waals surface area contributed by atoms with Gasteiger partial charge in [-0.1, -0.05) is 30.7 Å². The van der Waals surface area contributed by atoms with Gasteiger partial charge >= 0.3 is 12.1 Å². The number of halogens is 4. The van der Waals surface area contributed by atoms with Crippen LogP contribution in [0, 0.1) is 0 Å². The molecule has 0 spiro atoms. The van der Waals surface area contributed by atoms with Gasteiger partial charge < -0.3 is 15.1 Å². The number of rotatable bonds is 6. The molecule has 1 aromatic carbocycles. The van der Waals surface area contributed by atoms with E-state index in [-0.39, 0.29) is 31.6 Å². The molecule has 2 aromatic heterocycles. The predicted octanol–water partition coefficient (Wildman–Crippen LogP) is 3.69. The van der Waals surface area contributed by atoms with E-state index in [4.69, 9.17) is 11.6 Å². The predicted molar refractivity (Wildman–Crippen MR) is 122 cm³/mol. The van der Waals surface area contributed by atoms with Gasteiger partial charge in [0.05, 0.1) is 16.8 Å². The number of likely N-dealkylation sites (N-methyl/N-ethyl adjacent to an activating group) is 1. The Morgan fingerprint density at radius 2 is 1.85 bits per heavy atom. The quantitative estimate of drug-likeness (QED) is 0.568. The minimum absolute atomic E-state index is 0.0235. The number of anilines is 1. The number of benzene rings is 1. The molecule has 180 valence electrons. The van der Waals surface area contributed by atoms with Crippen molar-refractivity contribution in [1.29, 1.82) is 0 Å². The summed E-state index contributed by atoms with van der Waals surface area (Å²) in [5.41, 5.74) is 3.43. The van der Waals surface area contributed by atoms with Crippen LogP contribution < -0.4 is 10.2 Å². The molecule has 7 nitrogen and oxygen atoms in total. The molecule has 34 heavy (non-hydrogen) atoms. The van der Waals surface area contributed by atoms with E-state index in [0.717, 1.165) is 16.2 Å². The number of imidazole rings is 1. The Morgan fingerprint density at radius 3 is 2.47 bits per heavy atom. The van der Waals surface area contributed by atoms with Crippen LogP contribution in [0.1, 0.15) is 28.7 Å². The van der Waals surface area contributed by atoms with Crippen molar-refractivity contribution in [2.75, 3.05) is 25.0 Å². The van der Waals surface area contributed by atoms with Gasteiger partial charge in [0.2, 0.25) is 0 Å². The van der Waals surface area contributed by atoms with Gasteiger partial charge in [-0.05, 0) is 36.2 Å². The maximum Gasteiger partial charge on any atom is 0.471 e. The van der Waals surface area contributed by atoms with Crippen LogP contribution in [-0.4, -0.2) is 58.5 Å². The lowest BCUT2D eigenvalue weighted by atomic mass is 10.1. The molecule has 1 N–H and O–H groups in total. The van der Waals surface area contributed by atoms with Crippen molar-refractivity contribution in [1.82, 2.24) is 19.6 Å². The lowest BCUT2D eigenvalue weighted by molar-refractivity contribution is -0.189. The fourth-order valence-corrected chi connectivity index (χ4v) is 4.09. The van der Waals surface area contributed by atoms with Gasteiger partial charge in [-0.3, -0.25) is 14.0 Å². The summed E-state index contributed by atoms with van der Waals surface area (Å²) in [4.78, 5) is 31.3. The molecule has 1 aliphatic rings. The average Bonchev–Trinajstić information content (AvgIpc) is 3.13. The zero-order valence-electron chi connectivity index (χ0n) is 18.6. The molecule has 0 unspecified atom stereocenters. The summed E-state index contributed by atoms with van der Waals surface area (Å²) in [6.45, 7) is 2.26. The van der Waals surface area contributed by atoms with Crippen molar-refractivity contribution >= 4 is 34.7 Å². The minimum atomic E-state index is -4.84. The summed E-state index contributed by atoms with van der Waals surface area (Å²) in [5.74, 6) is -2.07. The lowest BCUT2D eigenvalue weighted by Crippen LogP contribution is -2.62. The number of nitrogens with one attached hydrogen (secondary N) is 1. The molecule has 1 aliphatic heterocycles. The fourth-order valence-electron chi connectivity index (χ4n) is 3.93. The number of aryl methyl sites for hydroxylation is 1. The highest BCUT2D eigenvalue weighted by Crippen LogP contribution is 2.26. The maximum atomic E-state index is 12.9. The smallest absolute Gasteiger partial charge is 0.368 e. The van der Waals surface area contributed by atoms with Crippen LogP contribution in [0.3, 0.4) is 0 Å². The Kier molecular flexibility index (Phi) is 6.44. The molecule has 2 amide bonds. The molecular formula is C23H23ClF3N5O2. The number of alkyl halides is 3.